The van der Waals surface area contributed by atoms with E-state index in [-0.39, 0.29) is 23.0 Å². The summed E-state index contributed by atoms with van der Waals surface area (Å²) >= 11 is 0. The fourth-order valence-corrected chi connectivity index (χ4v) is 0.311. The van der Waals surface area contributed by atoms with Crippen molar-refractivity contribution in [3.05, 3.63) is 23.0 Å². The summed E-state index contributed by atoms with van der Waals surface area (Å²) in [7, 11) is 0. The molecule has 0 unspecified atom stereocenters. The van der Waals surface area contributed by atoms with Gasteiger partial charge in [-0.05, 0) is 0 Å². The molecule has 10 heavy (non-hydrogen) atoms. The van der Waals surface area contributed by atoms with E-state index in [1.807, 2.05) is 0 Å². The second-order valence-electron chi connectivity index (χ2n) is 1.74. The summed E-state index contributed by atoms with van der Waals surface area (Å²) in [6.45, 7) is 0. The van der Waals surface area contributed by atoms with Crippen LogP contribution in [0.3, 0.4) is 0 Å². The summed E-state index contributed by atoms with van der Waals surface area (Å²) in [6.07, 6.45) is 0. The van der Waals surface area contributed by atoms with Crippen LogP contribution in [0.15, 0.2) is 23.0 Å². The molecule has 0 aliphatic rings. The van der Waals surface area contributed by atoms with Crippen LogP contribution in [0.1, 0.15) is 0 Å². The second kappa shape index (κ2) is 2.72. The molecule has 0 aromatic rings. The summed E-state index contributed by atoms with van der Waals surface area (Å²) in [5.74, 6) is -0.184. The average molecular weight is 144 g/mol. The first-order valence-corrected chi connectivity index (χ1v) is 2.48. The number of hydrogen-bond donors (Lipinski definition) is 6. The summed E-state index contributed by atoms with van der Waals surface area (Å²) in [5, 5.41) is 0. The lowest BCUT2D eigenvalue weighted by molar-refractivity contribution is 1.06. The Kier molecular flexibility index (Phi) is 2.25. The van der Waals surface area contributed by atoms with Crippen LogP contribution >= 0.6 is 0 Å². The first-order valence-electron chi connectivity index (χ1n) is 2.48. The van der Waals surface area contributed by atoms with Crippen molar-refractivity contribution in [3.8, 4) is 0 Å². The zero-order valence-electron chi connectivity index (χ0n) is 5.46. The lowest BCUT2D eigenvalue weighted by Gasteiger charge is -2.04. The molecule has 0 spiro atoms. The van der Waals surface area contributed by atoms with Crippen molar-refractivity contribution >= 4 is 0 Å². The van der Waals surface area contributed by atoms with E-state index in [9.17, 15) is 0 Å². The molecule has 0 saturated carbocycles. The SMILES string of the molecule is NC(N)=C(N)C(N)=C(N)N. The minimum Gasteiger partial charge on any atom is -0.394 e. The van der Waals surface area contributed by atoms with Crippen LogP contribution in [0.5, 0.6) is 0 Å². The molecule has 0 fully saturated rings. The van der Waals surface area contributed by atoms with E-state index in [4.69, 9.17) is 34.4 Å². The second-order valence-corrected chi connectivity index (χ2v) is 1.74. The quantitative estimate of drug-likeness (QED) is 0.216. The topological polar surface area (TPSA) is 156 Å². The largest absolute Gasteiger partial charge is 0.394 e. The van der Waals surface area contributed by atoms with Gasteiger partial charge in [0.15, 0.2) is 0 Å². The van der Waals surface area contributed by atoms with Gasteiger partial charge in [0, 0.05) is 0 Å². The molecular formula is C4H12N6. The molecule has 0 amide bonds. The Balaban J connectivity index is 4.71. The third kappa shape index (κ3) is 1.66. The van der Waals surface area contributed by atoms with Crippen LogP contribution in [-0.4, -0.2) is 0 Å². The highest BCUT2D eigenvalue weighted by Crippen LogP contribution is 1.95. The maximum atomic E-state index is 5.25. The van der Waals surface area contributed by atoms with Gasteiger partial charge in [0.05, 0.1) is 11.4 Å². The molecule has 58 valence electrons. The van der Waals surface area contributed by atoms with Crippen LogP contribution in [0.4, 0.5) is 0 Å². The summed E-state index contributed by atoms with van der Waals surface area (Å²) in [5.41, 5.74) is 30.9. The zero-order valence-corrected chi connectivity index (χ0v) is 5.46. The van der Waals surface area contributed by atoms with Gasteiger partial charge >= 0.3 is 0 Å². The molecular weight excluding hydrogens is 132 g/mol. The molecule has 0 aromatic carbocycles. The third-order valence-electron chi connectivity index (χ3n) is 0.912. The number of nitrogens with two attached hydrogens (primary N) is 6. The van der Waals surface area contributed by atoms with Crippen molar-refractivity contribution in [2.75, 3.05) is 0 Å². The lowest BCUT2D eigenvalue weighted by Crippen LogP contribution is -2.26. The van der Waals surface area contributed by atoms with Gasteiger partial charge in [-0.3, -0.25) is 0 Å². The summed E-state index contributed by atoms with van der Waals surface area (Å²) < 4.78 is 0. The molecule has 0 aliphatic carbocycles. The maximum Gasteiger partial charge on any atom is 0.119 e. The molecule has 0 bridgehead atoms. The fourth-order valence-electron chi connectivity index (χ4n) is 0.311. The highest BCUT2D eigenvalue weighted by Gasteiger charge is 2.00. The normalized spacial score (nSPS) is 8.40. The van der Waals surface area contributed by atoms with E-state index in [2.05, 4.69) is 0 Å². The van der Waals surface area contributed by atoms with Crippen molar-refractivity contribution in [2.24, 2.45) is 34.4 Å². The molecule has 0 heterocycles. The maximum absolute atomic E-state index is 5.25. The molecule has 0 aliphatic heterocycles. The smallest absolute Gasteiger partial charge is 0.119 e. The van der Waals surface area contributed by atoms with Crippen molar-refractivity contribution in [1.29, 1.82) is 0 Å². The highest BCUT2D eigenvalue weighted by atomic mass is 14.9. The molecule has 0 aromatic heterocycles. The number of hydrogen-bond acceptors (Lipinski definition) is 6. The zero-order chi connectivity index (χ0) is 8.31. The molecule has 0 radical (unpaired) electrons. The van der Waals surface area contributed by atoms with Crippen LogP contribution < -0.4 is 34.4 Å². The van der Waals surface area contributed by atoms with Gasteiger partial charge in [-0.1, -0.05) is 0 Å². The van der Waals surface area contributed by atoms with Crippen molar-refractivity contribution in [2.45, 2.75) is 0 Å². The van der Waals surface area contributed by atoms with Crippen LogP contribution in [0.2, 0.25) is 0 Å². The predicted molar refractivity (Wildman–Crippen MR) is 39.2 cm³/mol. The Morgan fingerprint density at radius 3 is 0.800 bits per heavy atom. The first kappa shape index (κ1) is 8.28. The molecule has 0 rings (SSSR count). The molecule has 0 atom stereocenters. The summed E-state index contributed by atoms with van der Waals surface area (Å²) in [4.78, 5) is 0. The van der Waals surface area contributed by atoms with Gasteiger partial charge in [-0.25, -0.2) is 0 Å². The van der Waals surface area contributed by atoms with Crippen LogP contribution in [0.25, 0.3) is 0 Å². The average Bonchev–Trinajstić information content (AvgIpc) is 1.84. The number of rotatable bonds is 1. The van der Waals surface area contributed by atoms with Crippen LogP contribution in [0, 0.1) is 0 Å². The first-order chi connectivity index (χ1) is 4.46. The third-order valence-corrected chi connectivity index (χ3v) is 0.912. The Morgan fingerprint density at radius 1 is 0.500 bits per heavy atom. The van der Waals surface area contributed by atoms with E-state index < -0.39 is 0 Å². The van der Waals surface area contributed by atoms with Gasteiger partial charge in [-0.15, -0.1) is 0 Å². The lowest BCUT2D eigenvalue weighted by atomic mass is 10.3. The highest BCUT2D eigenvalue weighted by molar-refractivity contribution is 5.29. The van der Waals surface area contributed by atoms with E-state index >= 15 is 0 Å². The van der Waals surface area contributed by atoms with Gasteiger partial charge in [0.1, 0.15) is 11.6 Å². The van der Waals surface area contributed by atoms with Gasteiger partial charge in [0.2, 0.25) is 0 Å². The van der Waals surface area contributed by atoms with E-state index in [0.717, 1.165) is 0 Å². The minimum atomic E-state index is -0.0918. The standard InChI is InChI=1S/C4H12N6/c5-1(3(7)8)2(6)4(9)10/h5-10H2. The summed E-state index contributed by atoms with van der Waals surface area (Å²) in [6, 6.07) is 0. The Hall–Kier alpha value is -1.72. The van der Waals surface area contributed by atoms with Gasteiger partial charge in [0.25, 0.3) is 0 Å². The van der Waals surface area contributed by atoms with E-state index in [1.165, 1.54) is 0 Å². The van der Waals surface area contributed by atoms with Gasteiger partial charge in [-0.2, -0.15) is 0 Å². The Labute approximate surface area is 58.5 Å². The van der Waals surface area contributed by atoms with Gasteiger partial charge < -0.3 is 34.4 Å². The van der Waals surface area contributed by atoms with E-state index in [1.54, 1.807) is 0 Å². The van der Waals surface area contributed by atoms with Crippen LogP contribution in [-0.2, 0) is 0 Å². The molecule has 6 heteroatoms. The van der Waals surface area contributed by atoms with E-state index in [0.29, 0.717) is 0 Å². The van der Waals surface area contributed by atoms with Crippen molar-refractivity contribution in [3.63, 3.8) is 0 Å². The molecule has 6 nitrogen and oxygen atoms in total. The van der Waals surface area contributed by atoms with Crippen molar-refractivity contribution in [1.82, 2.24) is 0 Å². The minimum absolute atomic E-state index is 0.0139. The Bertz CT molecular complexity index is 160. The molecule has 0 saturated heterocycles. The van der Waals surface area contributed by atoms with Crippen molar-refractivity contribution < 1.29 is 0 Å². The predicted octanol–water partition coefficient (Wildman–Crippen LogP) is -2.92. The Morgan fingerprint density at radius 2 is 0.700 bits per heavy atom. The molecule has 12 N–H and O–H groups in total. The monoisotopic (exact) mass is 144 g/mol. The fraction of sp³-hybridized carbons (Fsp3) is 0.